The van der Waals surface area contributed by atoms with Gasteiger partial charge >= 0.3 is 0 Å². The number of hydrogen-bond acceptors (Lipinski definition) is 1. The summed E-state index contributed by atoms with van der Waals surface area (Å²) >= 11 is 6.10. The number of rotatable bonds is 1. The maximum absolute atomic E-state index is 6.10. The zero-order chi connectivity index (χ0) is 8.55. The number of benzene rings is 1. The van der Waals surface area contributed by atoms with E-state index < -0.39 is 0 Å². The Morgan fingerprint density at radius 3 is 3.08 bits per heavy atom. The highest BCUT2D eigenvalue weighted by Gasteiger charge is 2.19. The molecular formula is C10H12ClN. The van der Waals surface area contributed by atoms with Gasteiger partial charge in [0.15, 0.2) is 0 Å². The zero-order valence-electron chi connectivity index (χ0n) is 7.18. The van der Waals surface area contributed by atoms with E-state index in [0.29, 0.717) is 0 Å². The zero-order valence-corrected chi connectivity index (χ0v) is 7.93. The molecule has 2 rings (SSSR count). The number of halogens is 1. The van der Waals surface area contributed by atoms with Crippen molar-refractivity contribution in [1.82, 2.24) is 0 Å². The first-order valence-corrected chi connectivity index (χ1v) is 4.73. The average Bonchev–Trinajstić information content (AvgIpc) is 2.49. The van der Waals surface area contributed by atoms with Crippen molar-refractivity contribution in [2.24, 2.45) is 0 Å². The van der Waals surface area contributed by atoms with Gasteiger partial charge in [-0.05, 0) is 25.0 Å². The second-order valence-corrected chi connectivity index (χ2v) is 3.48. The quantitative estimate of drug-likeness (QED) is 0.644. The van der Waals surface area contributed by atoms with Crippen LogP contribution in [0, 0.1) is 0 Å². The van der Waals surface area contributed by atoms with Crippen LogP contribution in [0.1, 0.15) is 12.5 Å². The molecule has 1 aromatic carbocycles. The van der Waals surface area contributed by atoms with Gasteiger partial charge in [-0.25, -0.2) is 0 Å². The predicted octanol–water partition coefficient (Wildman–Crippen LogP) is 2.72. The Labute approximate surface area is 77.9 Å². The number of anilines is 1. The van der Waals surface area contributed by atoms with Gasteiger partial charge < -0.3 is 4.90 Å². The lowest BCUT2D eigenvalue weighted by Gasteiger charge is -2.17. The van der Waals surface area contributed by atoms with Crippen molar-refractivity contribution in [3.63, 3.8) is 0 Å². The van der Waals surface area contributed by atoms with Crippen molar-refractivity contribution in [1.29, 1.82) is 0 Å². The highest BCUT2D eigenvalue weighted by molar-refractivity contribution is 6.33. The number of fused-ring (bicyclic) bond motifs is 1. The Morgan fingerprint density at radius 1 is 1.50 bits per heavy atom. The molecule has 0 spiro atoms. The Kier molecular flexibility index (Phi) is 1.97. The van der Waals surface area contributed by atoms with Crippen molar-refractivity contribution in [2.75, 3.05) is 18.0 Å². The lowest BCUT2D eigenvalue weighted by Crippen LogP contribution is -2.19. The lowest BCUT2D eigenvalue weighted by atomic mass is 10.2. The summed E-state index contributed by atoms with van der Waals surface area (Å²) in [4.78, 5) is 2.33. The topological polar surface area (TPSA) is 3.24 Å². The fraction of sp³-hybridized carbons (Fsp3) is 0.400. The third-order valence-electron chi connectivity index (χ3n) is 2.42. The monoisotopic (exact) mass is 181 g/mol. The lowest BCUT2D eigenvalue weighted by molar-refractivity contribution is 0.868. The van der Waals surface area contributed by atoms with E-state index in [1.807, 2.05) is 12.1 Å². The SMILES string of the molecule is CCN1CCc2cccc(Cl)c21. The van der Waals surface area contributed by atoms with Gasteiger partial charge in [-0.3, -0.25) is 0 Å². The van der Waals surface area contributed by atoms with Crippen molar-refractivity contribution in [3.8, 4) is 0 Å². The van der Waals surface area contributed by atoms with E-state index in [2.05, 4.69) is 17.9 Å². The fourth-order valence-corrected chi connectivity index (χ4v) is 2.11. The highest BCUT2D eigenvalue weighted by Crippen LogP contribution is 2.34. The first kappa shape index (κ1) is 7.93. The van der Waals surface area contributed by atoms with Gasteiger partial charge in [0.25, 0.3) is 0 Å². The van der Waals surface area contributed by atoms with Gasteiger partial charge in [-0.15, -0.1) is 0 Å². The molecule has 1 heterocycles. The molecule has 1 nitrogen and oxygen atoms in total. The first-order valence-electron chi connectivity index (χ1n) is 4.35. The molecule has 0 saturated carbocycles. The van der Waals surface area contributed by atoms with Crippen LogP contribution in [0.3, 0.4) is 0 Å². The molecule has 0 N–H and O–H groups in total. The van der Waals surface area contributed by atoms with Gasteiger partial charge in [0.05, 0.1) is 10.7 Å². The molecule has 1 aliphatic heterocycles. The largest absolute Gasteiger partial charge is 0.370 e. The average molecular weight is 182 g/mol. The standard InChI is InChI=1S/C10H12ClN/c1-2-12-7-6-8-4-3-5-9(11)10(8)12/h3-5H,2,6-7H2,1H3. The molecular weight excluding hydrogens is 170 g/mol. The maximum atomic E-state index is 6.10. The second-order valence-electron chi connectivity index (χ2n) is 3.08. The van der Waals surface area contributed by atoms with Gasteiger partial charge in [0.2, 0.25) is 0 Å². The molecule has 0 fully saturated rings. The Morgan fingerprint density at radius 2 is 2.33 bits per heavy atom. The normalized spacial score (nSPS) is 15.0. The van der Waals surface area contributed by atoms with Crippen LogP contribution >= 0.6 is 11.6 Å². The number of para-hydroxylation sites is 1. The molecule has 12 heavy (non-hydrogen) atoms. The van der Waals surface area contributed by atoms with Gasteiger partial charge in [-0.2, -0.15) is 0 Å². The third kappa shape index (κ3) is 1.09. The minimum absolute atomic E-state index is 0.895. The van der Waals surface area contributed by atoms with Crippen LogP contribution in [0.5, 0.6) is 0 Å². The Hall–Kier alpha value is -0.690. The molecule has 0 saturated heterocycles. The van der Waals surface area contributed by atoms with E-state index in [0.717, 1.165) is 24.5 Å². The highest BCUT2D eigenvalue weighted by atomic mass is 35.5. The van der Waals surface area contributed by atoms with E-state index in [1.165, 1.54) is 11.3 Å². The van der Waals surface area contributed by atoms with Crippen LogP contribution in [-0.2, 0) is 6.42 Å². The minimum atomic E-state index is 0.895. The van der Waals surface area contributed by atoms with Gasteiger partial charge in [0.1, 0.15) is 0 Å². The summed E-state index contributed by atoms with van der Waals surface area (Å²) in [6.07, 6.45) is 1.14. The molecule has 1 aliphatic rings. The van der Waals surface area contributed by atoms with Crippen LogP contribution in [-0.4, -0.2) is 13.1 Å². The molecule has 64 valence electrons. The summed E-state index contributed by atoms with van der Waals surface area (Å²) in [6, 6.07) is 6.16. The summed E-state index contributed by atoms with van der Waals surface area (Å²) < 4.78 is 0. The molecule has 0 unspecified atom stereocenters. The summed E-state index contributed by atoms with van der Waals surface area (Å²) in [7, 11) is 0. The molecule has 0 atom stereocenters. The third-order valence-corrected chi connectivity index (χ3v) is 2.72. The van der Waals surface area contributed by atoms with E-state index >= 15 is 0 Å². The summed E-state index contributed by atoms with van der Waals surface area (Å²) in [6.45, 7) is 4.34. The Bertz CT molecular complexity index is 296. The first-order chi connectivity index (χ1) is 5.83. The number of nitrogens with zero attached hydrogens (tertiary/aromatic N) is 1. The van der Waals surface area contributed by atoms with Crippen molar-refractivity contribution in [2.45, 2.75) is 13.3 Å². The van der Waals surface area contributed by atoms with Crippen molar-refractivity contribution >= 4 is 17.3 Å². The Balaban J connectivity index is 2.48. The number of likely N-dealkylation sites (N-methyl/N-ethyl adjacent to an activating group) is 1. The predicted molar refractivity (Wildman–Crippen MR) is 53.0 cm³/mol. The molecule has 1 aromatic rings. The molecule has 0 radical (unpaired) electrons. The molecule has 0 aromatic heterocycles. The summed E-state index contributed by atoms with van der Waals surface area (Å²) in [5.74, 6) is 0. The van der Waals surface area contributed by atoms with Crippen molar-refractivity contribution < 1.29 is 0 Å². The number of hydrogen-bond donors (Lipinski definition) is 0. The van der Waals surface area contributed by atoms with Gasteiger partial charge in [0, 0.05) is 13.1 Å². The van der Waals surface area contributed by atoms with Gasteiger partial charge in [-0.1, -0.05) is 23.7 Å². The van der Waals surface area contributed by atoms with Crippen LogP contribution in [0.15, 0.2) is 18.2 Å². The van der Waals surface area contributed by atoms with Crippen LogP contribution < -0.4 is 4.90 Å². The minimum Gasteiger partial charge on any atom is -0.370 e. The van der Waals surface area contributed by atoms with E-state index in [1.54, 1.807) is 0 Å². The summed E-state index contributed by atoms with van der Waals surface area (Å²) in [5.41, 5.74) is 2.64. The fourth-order valence-electron chi connectivity index (χ4n) is 1.80. The van der Waals surface area contributed by atoms with E-state index in [-0.39, 0.29) is 0 Å². The van der Waals surface area contributed by atoms with Crippen LogP contribution in [0.4, 0.5) is 5.69 Å². The molecule has 0 amide bonds. The van der Waals surface area contributed by atoms with E-state index in [4.69, 9.17) is 11.6 Å². The van der Waals surface area contributed by atoms with Crippen LogP contribution in [0.25, 0.3) is 0 Å². The smallest absolute Gasteiger partial charge is 0.0642 e. The second kappa shape index (κ2) is 2.98. The van der Waals surface area contributed by atoms with Crippen molar-refractivity contribution in [3.05, 3.63) is 28.8 Å². The summed E-state index contributed by atoms with van der Waals surface area (Å²) in [5, 5.41) is 0.895. The molecule has 0 aliphatic carbocycles. The van der Waals surface area contributed by atoms with Crippen LogP contribution in [0.2, 0.25) is 5.02 Å². The molecule has 2 heteroatoms. The molecule has 0 bridgehead atoms. The van der Waals surface area contributed by atoms with E-state index in [9.17, 15) is 0 Å². The maximum Gasteiger partial charge on any atom is 0.0642 e.